The Morgan fingerprint density at radius 1 is 1.43 bits per heavy atom. The highest BCUT2D eigenvalue weighted by Crippen LogP contribution is 2.13. The molecule has 0 atom stereocenters. The van der Waals surface area contributed by atoms with E-state index in [-0.39, 0.29) is 6.10 Å². The van der Waals surface area contributed by atoms with Crippen LogP contribution in [0.2, 0.25) is 0 Å². The zero-order chi connectivity index (χ0) is 10.4. The smallest absolute Gasteiger partial charge is 0.407 e. The van der Waals surface area contributed by atoms with Crippen molar-refractivity contribution in [1.29, 1.82) is 0 Å². The Morgan fingerprint density at radius 2 is 2.07 bits per heavy atom. The van der Waals surface area contributed by atoms with Gasteiger partial charge in [0.1, 0.15) is 0 Å². The third kappa shape index (κ3) is 3.51. The van der Waals surface area contributed by atoms with Crippen LogP contribution < -0.4 is 0 Å². The second-order valence-corrected chi connectivity index (χ2v) is 3.33. The number of hydrogen-bond acceptors (Lipinski definition) is 3. The zero-order valence-corrected chi connectivity index (χ0v) is 8.44. The van der Waals surface area contributed by atoms with Crippen molar-refractivity contribution >= 4 is 6.09 Å². The molecule has 0 aromatic carbocycles. The molecule has 5 nitrogen and oxygen atoms in total. The average molecular weight is 203 g/mol. The number of amides is 1. The molecule has 1 saturated heterocycles. The Bertz CT molecular complexity index is 178. The largest absolute Gasteiger partial charge is 0.465 e. The van der Waals surface area contributed by atoms with Crippen molar-refractivity contribution in [2.45, 2.75) is 18.9 Å². The summed E-state index contributed by atoms with van der Waals surface area (Å²) in [4.78, 5) is 12.0. The third-order valence-electron chi connectivity index (χ3n) is 2.35. The summed E-state index contributed by atoms with van der Waals surface area (Å²) in [5.74, 6) is 0. The van der Waals surface area contributed by atoms with E-state index in [0.717, 1.165) is 12.8 Å². The first kappa shape index (κ1) is 11.3. The minimum absolute atomic E-state index is 0.195. The molecule has 5 heteroatoms. The number of likely N-dealkylation sites (tertiary alicyclic amines) is 1. The molecule has 1 aliphatic heterocycles. The highest BCUT2D eigenvalue weighted by atomic mass is 16.5. The van der Waals surface area contributed by atoms with Crippen LogP contribution in [-0.2, 0) is 9.47 Å². The highest BCUT2D eigenvalue weighted by Gasteiger charge is 2.22. The van der Waals surface area contributed by atoms with Crippen molar-refractivity contribution in [2.24, 2.45) is 0 Å². The van der Waals surface area contributed by atoms with Crippen LogP contribution in [0.5, 0.6) is 0 Å². The molecule has 0 bridgehead atoms. The van der Waals surface area contributed by atoms with Crippen LogP contribution in [0.4, 0.5) is 4.79 Å². The van der Waals surface area contributed by atoms with Crippen molar-refractivity contribution in [3.05, 3.63) is 0 Å². The van der Waals surface area contributed by atoms with Crippen molar-refractivity contribution in [3.63, 3.8) is 0 Å². The summed E-state index contributed by atoms with van der Waals surface area (Å²) in [6.45, 7) is 2.34. The van der Waals surface area contributed by atoms with Crippen LogP contribution in [0.25, 0.3) is 0 Å². The predicted molar refractivity (Wildman–Crippen MR) is 50.4 cm³/mol. The number of methoxy groups -OCH3 is 1. The van der Waals surface area contributed by atoms with Crippen LogP contribution in [0.1, 0.15) is 12.8 Å². The van der Waals surface area contributed by atoms with E-state index >= 15 is 0 Å². The van der Waals surface area contributed by atoms with E-state index < -0.39 is 6.09 Å². The molecular formula is C9H17NO4. The second-order valence-electron chi connectivity index (χ2n) is 3.33. The molecule has 1 N–H and O–H groups in total. The topological polar surface area (TPSA) is 59.0 Å². The maximum absolute atomic E-state index is 10.6. The van der Waals surface area contributed by atoms with Crippen molar-refractivity contribution < 1.29 is 19.4 Å². The minimum atomic E-state index is -0.833. The Hall–Kier alpha value is -0.810. The summed E-state index contributed by atoms with van der Waals surface area (Å²) in [5.41, 5.74) is 0. The van der Waals surface area contributed by atoms with E-state index in [0.29, 0.717) is 26.3 Å². The van der Waals surface area contributed by atoms with Gasteiger partial charge in [0.05, 0.1) is 19.3 Å². The number of nitrogens with zero attached hydrogens (tertiary/aromatic N) is 1. The fraction of sp³-hybridized carbons (Fsp3) is 0.889. The third-order valence-corrected chi connectivity index (χ3v) is 2.35. The summed E-state index contributed by atoms with van der Waals surface area (Å²) < 4.78 is 10.4. The average Bonchev–Trinajstić information content (AvgIpc) is 2.19. The van der Waals surface area contributed by atoms with Crippen LogP contribution in [-0.4, -0.2) is 55.6 Å². The van der Waals surface area contributed by atoms with E-state index in [2.05, 4.69) is 0 Å². The van der Waals surface area contributed by atoms with Gasteiger partial charge in [0.15, 0.2) is 0 Å². The van der Waals surface area contributed by atoms with Gasteiger partial charge in [-0.15, -0.1) is 0 Å². The lowest BCUT2D eigenvalue weighted by Crippen LogP contribution is -2.40. The first-order valence-corrected chi connectivity index (χ1v) is 4.82. The molecule has 0 aliphatic carbocycles. The number of hydrogen-bond donors (Lipinski definition) is 1. The molecule has 1 rings (SSSR count). The van der Waals surface area contributed by atoms with E-state index in [1.54, 1.807) is 7.11 Å². The van der Waals surface area contributed by atoms with Gasteiger partial charge in [-0.05, 0) is 12.8 Å². The molecule has 1 aliphatic rings. The van der Waals surface area contributed by atoms with E-state index in [1.165, 1.54) is 4.90 Å². The molecule has 82 valence electrons. The molecule has 1 fully saturated rings. The maximum Gasteiger partial charge on any atom is 0.407 e. The molecule has 14 heavy (non-hydrogen) atoms. The summed E-state index contributed by atoms with van der Waals surface area (Å²) in [7, 11) is 1.64. The minimum Gasteiger partial charge on any atom is -0.465 e. The number of piperidine rings is 1. The molecule has 1 amide bonds. The summed E-state index contributed by atoms with van der Waals surface area (Å²) in [6, 6.07) is 0. The number of carbonyl (C=O) groups is 1. The van der Waals surface area contributed by atoms with E-state index in [4.69, 9.17) is 14.6 Å². The first-order valence-electron chi connectivity index (χ1n) is 4.82. The standard InChI is InChI=1S/C9H17NO4/c1-13-6-7-14-8-2-4-10(5-3-8)9(11)12/h8H,2-7H2,1H3,(H,11,12). The van der Waals surface area contributed by atoms with Gasteiger partial charge in [-0.1, -0.05) is 0 Å². The molecule has 0 saturated carbocycles. The van der Waals surface area contributed by atoms with Gasteiger partial charge in [-0.3, -0.25) is 0 Å². The monoisotopic (exact) mass is 203 g/mol. The Kier molecular flexibility index (Phi) is 4.69. The van der Waals surface area contributed by atoms with Crippen molar-refractivity contribution in [3.8, 4) is 0 Å². The molecular weight excluding hydrogens is 186 g/mol. The molecule has 0 spiro atoms. The molecule has 0 radical (unpaired) electrons. The van der Waals surface area contributed by atoms with Gasteiger partial charge in [0.25, 0.3) is 0 Å². The molecule has 1 heterocycles. The van der Waals surface area contributed by atoms with Gasteiger partial charge in [-0.2, -0.15) is 0 Å². The number of ether oxygens (including phenoxy) is 2. The first-order chi connectivity index (χ1) is 6.74. The lowest BCUT2D eigenvalue weighted by atomic mass is 10.1. The van der Waals surface area contributed by atoms with E-state index in [9.17, 15) is 4.79 Å². The summed E-state index contributed by atoms with van der Waals surface area (Å²) >= 11 is 0. The van der Waals surface area contributed by atoms with Gasteiger partial charge >= 0.3 is 6.09 Å². The highest BCUT2D eigenvalue weighted by molar-refractivity contribution is 5.64. The quantitative estimate of drug-likeness (QED) is 0.686. The normalized spacial score (nSPS) is 18.5. The second kappa shape index (κ2) is 5.82. The summed E-state index contributed by atoms with van der Waals surface area (Å²) in [6.07, 6.45) is 0.938. The van der Waals surface area contributed by atoms with Crippen LogP contribution in [0, 0.1) is 0 Å². The number of rotatable bonds is 4. The lowest BCUT2D eigenvalue weighted by molar-refractivity contribution is -0.0121. The van der Waals surface area contributed by atoms with Crippen LogP contribution in [0.3, 0.4) is 0 Å². The molecule has 0 unspecified atom stereocenters. The SMILES string of the molecule is COCCOC1CCN(C(=O)O)CC1. The fourth-order valence-electron chi connectivity index (χ4n) is 1.51. The Labute approximate surface area is 83.6 Å². The lowest BCUT2D eigenvalue weighted by Gasteiger charge is -2.29. The van der Waals surface area contributed by atoms with E-state index in [1.807, 2.05) is 0 Å². The van der Waals surface area contributed by atoms with Crippen molar-refractivity contribution in [1.82, 2.24) is 4.90 Å². The van der Waals surface area contributed by atoms with Gasteiger partial charge in [0, 0.05) is 20.2 Å². The van der Waals surface area contributed by atoms with Gasteiger partial charge in [0.2, 0.25) is 0 Å². The fourth-order valence-corrected chi connectivity index (χ4v) is 1.51. The Balaban J connectivity index is 2.12. The van der Waals surface area contributed by atoms with Crippen molar-refractivity contribution in [2.75, 3.05) is 33.4 Å². The maximum atomic E-state index is 10.6. The Morgan fingerprint density at radius 3 is 2.57 bits per heavy atom. The van der Waals surface area contributed by atoms with Gasteiger partial charge < -0.3 is 19.5 Å². The predicted octanol–water partition coefficient (Wildman–Crippen LogP) is 0.792. The molecule has 0 aromatic rings. The summed E-state index contributed by atoms with van der Waals surface area (Å²) in [5, 5.41) is 8.70. The van der Waals surface area contributed by atoms with Crippen LogP contribution in [0.15, 0.2) is 0 Å². The van der Waals surface area contributed by atoms with Crippen LogP contribution >= 0.6 is 0 Å². The number of carboxylic acid groups (broad SMARTS) is 1. The van der Waals surface area contributed by atoms with Gasteiger partial charge in [-0.25, -0.2) is 4.79 Å². The molecule has 0 aromatic heterocycles. The zero-order valence-electron chi connectivity index (χ0n) is 8.44.